The Balaban J connectivity index is 1.65. The highest BCUT2D eigenvalue weighted by atomic mass is 32.2. The molecule has 0 atom stereocenters. The first-order chi connectivity index (χ1) is 13.0. The molecule has 0 aliphatic rings. The Morgan fingerprint density at radius 2 is 1.81 bits per heavy atom. The standard InChI is InChI=1S/C21H24N4OS/c1-14(2)16-9-11-17(12-10-16)20-23-24-21(25(20)4)27-13-19(26)22-18-8-6-5-7-15(18)3/h5-12,14H,13H2,1-4H3,(H,22,26). The molecule has 0 saturated heterocycles. The molecule has 0 unspecified atom stereocenters. The van der Waals surface area contributed by atoms with E-state index in [1.54, 1.807) is 0 Å². The molecule has 0 fully saturated rings. The van der Waals surface area contributed by atoms with Crippen LogP contribution in [0.2, 0.25) is 0 Å². The van der Waals surface area contributed by atoms with Gasteiger partial charge in [-0.05, 0) is 30.0 Å². The predicted molar refractivity (Wildman–Crippen MR) is 111 cm³/mol. The lowest BCUT2D eigenvalue weighted by molar-refractivity contribution is -0.113. The van der Waals surface area contributed by atoms with E-state index in [0.29, 0.717) is 5.92 Å². The second-order valence-corrected chi connectivity index (χ2v) is 7.74. The van der Waals surface area contributed by atoms with Crippen molar-refractivity contribution in [1.82, 2.24) is 14.8 Å². The van der Waals surface area contributed by atoms with Crippen molar-refractivity contribution in [2.24, 2.45) is 7.05 Å². The lowest BCUT2D eigenvalue weighted by atomic mass is 10.0. The highest BCUT2D eigenvalue weighted by Crippen LogP contribution is 2.25. The minimum atomic E-state index is -0.0554. The van der Waals surface area contributed by atoms with Gasteiger partial charge >= 0.3 is 0 Å². The Kier molecular flexibility index (Phi) is 5.96. The molecule has 1 N–H and O–H groups in total. The van der Waals surface area contributed by atoms with E-state index in [-0.39, 0.29) is 11.7 Å². The van der Waals surface area contributed by atoms with Crippen LogP contribution in [0.25, 0.3) is 11.4 Å². The van der Waals surface area contributed by atoms with Gasteiger partial charge in [0.15, 0.2) is 11.0 Å². The van der Waals surface area contributed by atoms with Gasteiger partial charge in [0.25, 0.3) is 0 Å². The first-order valence-electron chi connectivity index (χ1n) is 8.93. The number of aryl methyl sites for hydroxylation is 1. The predicted octanol–water partition coefficient (Wildman–Crippen LogP) is 4.64. The first-order valence-corrected chi connectivity index (χ1v) is 9.92. The highest BCUT2D eigenvalue weighted by Gasteiger charge is 2.13. The van der Waals surface area contributed by atoms with Gasteiger partial charge in [-0.1, -0.05) is 68.1 Å². The smallest absolute Gasteiger partial charge is 0.234 e. The van der Waals surface area contributed by atoms with Crippen molar-refractivity contribution in [3.8, 4) is 11.4 Å². The van der Waals surface area contributed by atoms with E-state index in [9.17, 15) is 4.79 Å². The average molecular weight is 381 g/mol. The number of aromatic nitrogens is 3. The number of hydrogen-bond acceptors (Lipinski definition) is 4. The topological polar surface area (TPSA) is 59.8 Å². The molecule has 0 bridgehead atoms. The number of carbonyl (C=O) groups is 1. The number of anilines is 1. The van der Waals surface area contributed by atoms with Crippen LogP contribution in [0.15, 0.2) is 53.7 Å². The van der Waals surface area contributed by atoms with Crippen LogP contribution in [0.3, 0.4) is 0 Å². The number of benzene rings is 2. The number of amides is 1. The summed E-state index contributed by atoms with van der Waals surface area (Å²) < 4.78 is 1.93. The van der Waals surface area contributed by atoms with E-state index in [1.807, 2.05) is 42.8 Å². The Morgan fingerprint density at radius 1 is 1.11 bits per heavy atom. The largest absolute Gasteiger partial charge is 0.325 e. The Morgan fingerprint density at radius 3 is 2.48 bits per heavy atom. The van der Waals surface area contributed by atoms with E-state index in [1.165, 1.54) is 17.3 Å². The van der Waals surface area contributed by atoms with Crippen molar-refractivity contribution in [3.63, 3.8) is 0 Å². The van der Waals surface area contributed by atoms with E-state index < -0.39 is 0 Å². The first kappa shape index (κ1) is 19.2. The number of nitrogens with one attached hydrogen (secondary N) is 1. The zero-order valence-corrected chi connectivity index (χ0v) is 16.9. The van der Waals surface area contributed by atoms with Gasteiger partial charge in [-0.15, -0.1) is 10.2 Å². The molecule has 140 valence electrons. The van der Waals surface area contributed by atoms with Gasteiger partial charge in [0.2, 0.25) is 5.91 Å². The summed E-state index contributed by atoms with van der Waals surface area (Å²) >= 11 is 1.38. The van der Waals surface area contributed by atoms with Crippen LogP contribution < -0.4 is 5.32 Å². The van der Waals surface area contributed by atoms with Gasteiger partial charge in [0, 0.05) is 18.3 Å². The molecule has 0 aliphatic heterocycles. The van der Waals surface area contributed by atoms with Crippen molar-refractivity contribution >= 4 is 23.4 Å². The molecular weight excluding hydrogens is 356 g/mol. The number of nitrogens with zero attached hydrogens (tertiary/aromatic N) is 3. The van der Waals surface area contributed by atoms with Gasteiger partial charge in [0.1, 0.15) is 0 Å². The fourth-order valence-corrected chi connectivity index (χ4v) is 3.45. The molecule has 0 radical (unpaired) electrons. The monoisotopic (exact) mass is 380 g/mol. The SMILES string of the molecule is Cc1ccccc1NC(=O)CSc1nnc(-c2ccc(C(C)C)cc2)n1C. The average Bonchev–Trinajstić information content (AvgIpc) is 3.02. The van der Waals surface area contributed by atoms with Crippen LogP contribution in [0.5, 0.6) is 0 Å². The minimum Gasteiger partial charge on any atom is -0.325 e. The highest BCUT2D eigenvalue weighted by molar-refractivity contribution is 7.99. The van der Waals surface area contributed by atoms with Gasteiger partial charge < -0.3 is 9.88 Å². The molecule has 1 aromatic heterocycles. The van der Waals surface area contributed by atoms with Crippen molar-refractivity contribution in [3.05, 3.63) is 59.7 Å². The minimum absolute atomic E-state index is 0.0554. The fourth-order valence-electron chi connectivity index (χ4n) is 2.74. The normalized spacial score (nSPS) is 11.0. The molecular formula is C21H24N4OS. The van der Waals surface area contributed by atoms with Gasteiger partial charge in [0.05, 0.1) is 5.75 Å². The molecule has 0 spiro atoms. The third-order valence-corrected chi connectivity index (χ3v) is 5.44. The zero-order chi connectivity index (χ0) is 19.4. The van der Waals surface area contributed by atoms with Crippen LogP contribution in [-0.2, 0) is 11.8 Å². The van der Waals surface area contributed by atoms with Crippen LogP contribution in [0.1, 0.15) is 30.9 Å². The summed E-state index contributed by atoms with van der Waals surface area (Å²) in [5.74, 6) is 1.52. The molecule has 27 heavy (non-hydrogen) atoms. The number of rotatable bonds is 6. The maximum Gasteiger partial charge on any atom is 0.234 e. The summed E-state index contributed by atoms with van der Waals surface area (Å²) in [6.07, 6.45) is 0. The fraction of sp³-hybridized carbons (Fsp3) is 0.286. The van der Waals surface area contributed by atoms with E-state index in [4.69, 9.17) is 0 Å². The lowest BCUT2D eigenvalue weighted by Gasteiger charge is -2.08. The van der Waals surface area contributed by atoms with Crippen LogP contribution in [0, 0.1) is 6.92 Å². The summed E-state index contributed by atoms with van der Waals surface area (Å²) in [7, 11) is 1.92. The van der Waals surface area contributed by atoms with E-state index >= 15 is 0 Å². The lowest BCUT2D eigenvalue weighted by Crippen LogP contribution is -2.15. The van der Waals surface area contributed by atoms with Gasteiger partial charge in [-0.3, -0.25) is 4.79 Å². The Hall–Kier alpha value is -2.60. The van der Waals surface area contributed by atoms with Crippen molar-refractivity contribution < 1.29 is 4.79 Å². The Bertz CT molecular complexity index is 932. The summed E-state index contributed by atoms with van der Waals surface area (Å²) in [6.45, 7) is 6.32. The summed E-state index contributed by atoms with van der Waals surface area (Å²) in [4.78, 5) is 12.2. The molecule has 2 aromatic carbocycles. The second kappa shape index (κ2) is 8.39. The van der Waals surface area contributed by atoms with Crippen molar-refractivity contribution in [2.75, 3.05) is 11.1 Å². The van der Waals surface area contributed by atoms with Gasteiger partial charge in [-0.2, -0.15) is 0 Å². The number of hydrogen-bond donors (Lipinski definition) is 1. The molecule has 3 aromatic rings. The van der Waals surface area contributed by atoms with Crippen molar-refractivity contribution in [2.45, 2.75) is 31.8 Å². The third kappa shape index (κ3) is 4.57. The quantitative estimate of drug-likeness (QED) is 0.633. The van der Waals surface area contributed by atoms with E-state index in [0.717, 1.165) is 27.8 Å². The Labute approximate surface area is 164 Å². The molecule has 1 amide bonds. The number of thioether (sulfide) groups is 1. The maximum absolute atomic E-state index is 12.2. The number of carbonyl (C=O) groups excluding carboxylic acids is 1. The molecule has 6 heteroatoms. The summed E-state index contributed by atoms with van der Waals surface area (Å²) in [5.41, 5.74) is 4.20. The third-order valence-electron chi connectivity index (χ3n) is 4.42. The van der Waals surface area contributed by atoms with E-state index in [2.05, 4.69) is 53.6 Å². The van der Waals surface area contributed by atoms with Crippen LogP contribution in [0.4, 0.5) is 5.69 Å². The van der Waals surface area contributed by atoms with Crippen LogP contribution in [-0.4, -0.2) is 26.4 Å². The summed E-state index contributed by atoms with van der Waals surface area (Å²) in [5, 5.41) is 12.2. The van der Waals surface area contributed by atoms with Crippen LogP contribution >= 0.6 is 11.8 Å². The molecule has 1 heterocycles. The second-order valence-electron chi connectivity index (χ2n) is 6.79. The maximum atomic E-state index is 12.2. The molecule has 0 saturated carbocycles. The van der Waals surface area contributed by atoms with Gasteiger partial charge in [-0.25, -0.2) is 0 Å². The van der Waals surface area contributed by atoms with Crippen molar-refractivity contribution in [1.29, 1.82) is 0 Å². The molecule has 3 rings (SSSR count). The molecule has 5 nitrogen and oxygen atoms in total. The molecule has 0 aliphatic carbocycles. The number of para-hydroxylation sites is 1. The zero-order valence-electron chi connectivity index (χ0n) is 16.1. The summed E-state index contributed by atoms with van der Waals surface area (Å²) in [6, 6.07) is 16.1.